The average Bonchev–Trinajstić information content (AvgIpc) is 3.35. The highest BCUT2D eigenvalue weighted by Crippen LogP contribution is 2.39. The predicted molar refractivity (Wildman–Crippen MR) is 92.4 cm³/mol. The van der Waals surface area contributed by atoms with Crippen LogP contribution in [0.15, 0.2) is 40.2 Å². The van der Waals surface area contributed by atoms with E-state index in [0.717, 1.165) is 13.0 Å². The van der Waals surface area contributed by atoms with Crippen molar-refractivity contribution in [3.8, 4) is 6.07 Å². The third-order valence-electron chi connectivity index (χ3n) is 4.62. The van der Waals surface area contributed by atoms with Crippen molar-refractivity contribution in [3.63, 3.8) is 0 Å². The molecule has 0 spiro atoms. The maximum Gasteiger partial charge on any atom is 0.266 e. The average molecular weight is 335 g/mol. The fourth-order valence-electron chi connectivity index (χ4n) is 3.15. The van der Waals surface area contributed by atoms with Crippen LogP contribution in [0.5, 0.6) is 0 Å². The maximum absolute atomic E-state index is 12.6. The zero-order chi connectivity index (χ0) is 17.4. The Hall–Kier alpha value is -3.14. The standard InChI is InChI=1S/C18H17N5O2/c19-11-13-10-14-15(21-17(13)24)5-9-22(18(14)25)7-1-8-23-16(4-6-20-23)12-2-3-12/h4-6,9-10,12H,1-3,7-8H2,(H,21,24). The molecule has 3 aromatic heterocycles. The van der Waals surface area contributed by atoms with Crippen LogP contribution in [-0.2, 0) is 13.1 Å². The van der Waals surface area contributed by atoms with Crippen LogP contribution < -0.4 is 11.1 Å². The smallest absolute Gasteiger partial charge is 0.266 e. The summed E-state index contributed by atoms with van der Waals surface area (Å²) < 4.78 is 3.64. The molecule has 0 saturated heterocycles. The molecule has 3 heterocycles. The molecule has 126 valence electrons. The molecule has 0 bridgehead atoms. The number of hydrogen-bond acceptors (Lipinski definition) is 4. The SMILES string of the molecule is N#Cc1cc2c(=O)n(CCCn3nccc3C3CC3)ccc2[nH]c1=O. The molecule has 1 aliphatic rings. The number of pyridine rings is 2. The van der Waals surface area contributed by atoms with E-state index in [9.17, 15) is 9.59 Å². The lowest BCUT2D eigenvalue weighted by Crippen LogP contribution is -2.22. The Morgan fingerprint density at radius 3 is 2.88 bits per heavy atom. The molecule has 4 rings (SSSR count). The minimum Gasteiger partial charge on any atom is -0.321 e. The van der Waals surface area contributed by atoms with Crippen molar-refractivity contribution in [2.75, 3.05) is 0 Å². The Morgan fingerprint density at radius 1 is 1.28 bits per heavy atom. The highest BCUT2D eigenvalue weighted by Gasteiger charge is 2.26. The zero-order valence-electron chi connectivity index (χ0n) is 13.6. The van der Waals surface area contributed by atoms with Crippen molar-refractivity contribution in [1.82, 2.24) is 19.3 Å². The monoisotopic (exact) mass is 335 g/mol. The van der Waals surface area contributed by atoms with E-state index in [4.69, 9.17) is 5.26 Å². The largest absolute Gasteiger partial charge is 0.321 e. The van der Waals surface area contributed by atoms with Crippen molar-refractivity contribution in [1.29, 1.82) is 5.26 Å². The van der Waals surface area contributed by atoms with Gasteiger partial charge in [0.25, 0.3) is 11.1 Å². The minimum atomic E-state index is -0.474. The van der Waals surface area contributed by atoms with E-state index >= 15 is 0 Å². The van der Waals surface area contributed by atoms with E-state index in [-0.39, 0.29) is 11.1 Å². The fraction of sp³-hybridized carbons (Fsp3) is 0.333. The minimum absolute atomic E-state index is 0.0482. The second kappa shape index (κ2) is 6.06. The summed E-state index contributed by atoms with van der Waals surface area (Å²) in [4.78, 5) is 26.8. The topological polar surface area (TPSA) is 96.5 Å². The lowest BCUT2D eigenvalue weighted by molar-refractivity contribution is 0.507. The molecule has 0 atom stereocenters. The summed E-state index contributed by atoms with van der Waals surface area (Å²) in [5, 5.41) is 13.7. The molecule has 1 aliphatic carbocycles. The first-order valence-electron chi connectivity index (χ1n) is 8.35. The second-order valence-electron chi connectivity index (χ2n) is 6.37. The lowest BCUT2D eigenvalue weighted by atomic mass is 10.2. The molecule has 0 unspecified atom stereocenters. The number of nitrogens with one attached hydrogen (secondary N) is 1. The van der Waals surface area contributed by atoms with Gasteiger partial charge in [0.2, 0.25) is 0 Å². The number of rotatable bonds is 5. The first kappa shape index (κ1) is 15.4. The van der Waals surface area contributed by atoms with Gasteiger partial charge in [0.1, 0.15) is 11.6 Å². The van der Waals surface area contributed by atoms with Crippen LogP contribution in [0, 0.1) is 11.3 Å². The van der Waals surface area contributed by atoms with Crippen LogP contribution in [0.1, 0.15) is 36.4 Å². The highest BCUT2D eigenvalue weighted by atomic mass is 16.1. The Balaban J connectivity index is 1.55. The molecule has 3 aromatic rings. The summed E-state index contributed by atoms with van der Waals surface area (Å²) in [5.74, 6) is 0.645. The quantitative estimate of drug-likeness (QED) is 0.768. The van der Waals surface area contributed by atoms with Crippen LogP contribution in [0.2, 0.25) is 0 Å². The number of aryl methyl sites for hydroxylation is 2. The van der Waals surface area contributed by atoms with Crippen LogP contribution in [0.4, 0.5) is 0 Å². The molecule has 1 fully saturated rings. The summed E-state index contributed by atoms with van der Waals surface area (Å²) in [7, 11) is 0. The third kappa shape index (κ3) is 2.87. The molecule has 0 radical (unpaired) electrons. The molecular weight excluding hydrogens is 318 g/mol. The Kier molecular flexibility index (Phi) is 3.73. The fourth-order valence-corrected chi connectivity index (χ4v) is 3.15. The van der Waals surface area contributed by atoms with Crippen molar-refractivity contribution in [2.45, 2.75) is 38.3 Å². The van der Waals surface area contributed by atoms with Gasteiger partial charge in [-0.25, -0.2) is 0 Å². The van der Waals surface area contributed by atoms with Gasteiger partial charge in [-0.1, -0.05) is 0 Å². The van der Waals surface area contributed by atoms with Crippen LogP contribution >= 0.6 is 0 Å². The summed E-state index contributed by atoms with van der Waals surface area (Å²) >= 11 is 0. The lowest BCUT2D eigenvalue weighted by Gasteiger charge is -2.09. The van der Waals surface area contributed by atoms with Crippen molar-refractivity contribution in [3.05, 3.63) is 62.6 Å². The van der Waals surface area contributed by atoms with Crippen molar-refractivity contribution < 1.29 is 0 Å². The summed E-state index contributed by atoms with van der Waals surface area (Å²) in [6.07, 6.45) is 6.75. The zero-order valence-corrected chi connectivity index (χ0v) is 13.6. The second-order valence-corrected chi connectivity index (χ2v) is 6.37. The van der Waals surface area contributed by atoms with Crippen molar-refractivity contribution in [2.24, 2.45) is 0 Å². The summed E-state index contributed by atoms with van der Waals surface area (Å²) in [6, 6.07) is 6.95. The van der Waals surface area contributed by atoms with Gasteiger partial charge in [-0.2, -0.15) is 10.4 Å². The van der Waals surface area contributed by atoms with Gasteiger partial charge < -0.3 is 9.55 Å². The van der Waals surface area contributed by atoms with E-state index in [1.165, 1.54) is 24.6 Å². The van der Waals surface area contributed by atoms with Gasteiger partial charge in [-0.3, -0.25) is 14.3 Å². The number of hydrogen-bond donors (Lipinski definition) is 1. The molecule has 0 aliphatic heterocycles. The van der Waals surface area contributed by atoms with Gasteiger partial charge in [0, 0.05) is 37.1 Å². The Labute approximate surface area is 143 Å². The number of H-pyrrole nitrogens is 1. The van der Waals surface area contributed by atoms with E-state index < -0.39 is 5.56 Å². The van der Waals surface area contributed by atoms with Crippen LogP contribution in [-0.4, -0.2) is 19.3 Å². The maximum atomic E-state index is 12.6. The summed E-state index contributed by atoms with van der Waals surface area (Å²) in [5.41, 5.74) is 1.01. The molecular formula is C18H17N5O2. The van der Waals surface area contributed by atoms with Crippen LogP contribution in [0.3, 0.4) is 0 Å². The van der Waals surface area contributed by atoms with Gasteiger partial charge in [-0.05, 0) is 37.5 Å². The van der Waals surface area contributed by atoms with Crippen LogP contribution in [0.25, 0.3) is 10.9 Å². The Bertz CT molecular complexity index is 1100. The van der Waals surface area contributed by atoms with Gasteiger partial charge in [0.05, 0.1) is 10.9 Å². The van der Waals surface area contributed by atoms with E-state index in [1.807, 2.05) is 16.9 Å². The number of fused-ring (bicyclic) bond motifs is 1. The predicted octanol–water partition coefficient (Wildman–Crippen LogP) is 1.73. The molecule has 25 heavy (non-hydrogen) atoms. The molecule has 1 N–H and O–H groups in total. The third-order valence-corrected chi connectivity index (χ3v) is 4.62. The number of nitriles is 1. The number of aromatic nitrogens is 4. The van der Waals surface area contributed by atoms with Gasteiger partial charge in [0.15, 0.2) is 0 Å². The van der Waals surface area contributed by atoms with E-state index in [0.29, 0.717) is 23.4 Å². The summed E-state index contributed by atoms with van der Waals surface area (Å²) in [6.45, 7) is 1.32. The van der Waals surface area contributed by atoms with Gasteiger partial charge >= 0.3 is 0 Å². The normalized spacial score (nSPS) is 13.9. The molecule has 1 saturated carbocycles. The van der Waals surface area contributed by atoms with E-state index in [1.54, 1.807) is 16.8 Å². The number of nitrogens with zero attached hydrogens (tertiary/aromatic N) is 4. The Morgan fingerprint density at radius 2 is 2.12 bits per heavy atom. The first-order valence-corrected chi connectivity index (χ1v) is 8.35. The van der Waals surface area contributed by atoms with Gasteiger partial charge in [-0.15, -0.1) is 0 Å². The molecule has 7 heteroatoms. The molecule has 7 nitrogen and oxygen atoms in total. The van der Waals surface area contributed by atoms with E-state index in [2.05, 4.69) is 16.1 Å². The first-order chi connectivity index (χ1) is 12.2. The number of aromatic amines is 1. The highest BCUT2D eigenvalue weighted by molar-refractivity contribution is 5.78. The molecule has 0 aromatic carbocycles. The molecule has 0 amide bonds. The van der Waals surface area contributed by atoms with Crippen molar-refractivity contribution >= 4 is 10.9 Å².